The van der Waals surface area contributed by atoms with Crippen LogP contribution in [0.15, 0.2) is 91.0 Å². The zero-order valence-corrected chi connectivity index (χ0v) is 17.5. The maximum Gasteiger partial charge on any atom is 0.127 e. The zero-order valence-electron chi connectivity index (χ0n) is 17.5. The van der Waals surface area contributed by atoms with Gasteiger partial charge >= 0.3 is 0 Å². The van der Waals surface area contributed by atoms with E-state index in [2.05, 4.69) is 59.2 Å². The average Bonchev–Trinajstić information content (AvgIpc) is 3.17. The normalized spacial score (nSPS) is 11.1. The lowest BCUT2D eigenvalue weighted by molar-refractivity contribution is 0.302. The minimum Gasteiger partial charge on any atom is -0.497 e. The molecule has 0 aliphatic heterocycles. The number of imidazole rings is 1. The Hall–Kier alpha value is -3.79. The van der Waals surface area contributed by atoms with Crippen LogP contribution in [0.2, 0.25) is 0 Å². The summed E-state index contributed by atoms with van der Waals surface area (Å²) < 4.78 is 13.8. The van der Waals surface area contributed by atoms with Crippen LogP contribution in [0, 0.1) is 0 Å². The molecular weight excluding hydrogens is 384 g/mol. The third-order valence-electron chi connectivity index (χ3n) is 5.58. The van der Waals surface area contributed by atoms with Gasteiger partial charge in [-0.05, 0) is 41.3 Å². The summed E-state index contributed by atoms with van der Waals surface area (Å²) in [6.45, 7) is 1.30. The maximum atomic E-state index is 6.21. The Balaban J connectivity index is 1.39. The van der Waals surface area contributed by atoms with E-state index in [1.165, 1.54) is 10.9 Å². The number of ether oxygens (including phenoxy) is 2. The molecule has 0 amide bonds. The molecule has 0 bridgehead atoms. The molecule has 0 aliphatic rings. The van der Waals surface area contributed by atoms with Gasteiger partial charge in [0.05, 0.1) is 24.7 Å². The van der Waals surface area contributed by atoms with Gasteiger partial charge in [0.15, 0.2) is 0 Å². The second-order valence-electron chi connectivity index (χ2n) is 7.52. The first kappa shape index (κ1) is 19.2. The van der Waals surface area contributed by atoms with Gasteiger partial charge in [-0.15, -0.1) is 0 Å². The molecule has 0 radical (unpaired) electrons. The second kappa shape index (κ2) is 8.52. The predicted molar refractivity (Wildman–Crippen MR) is 125 cm³/mol. The Kier molecular flexibility index (Phi) is 5.28. The highest BCUT2D eigenvalue weighted by atomic mass is 16.5. The maximum absolute atomic E-state index is 6.21. The van der Waals surface area contributed by atoms with E-state index in [4.69, 9.17) is 14.5 Å². The number of methoxy groups -OCH3 is 1. The van der Waals surface area contributed by atoms with Crippen LogP contribution < -0.4 is 9.47 Å². The Labute approximate surface area is 181 Å². The van der Waals surface area contributed by atoms with Gasteiger partial charge in [-0.1, -0.05) is 60.7 Å². The molecule has 0 unspecified atom stereocenters. The lowest BCUT2D eigenvalue weighted by atomic mass is 10.1. The van der Waals surface area contributed by atoms with Crippen molar-refractivity contribution in [3.8, 4) is 11.5 Å². The minimum absolute atomic E-state index is 0.573. The first-order chi connectivity index (χ1) is 15.3. The summed E-state index contributed by atoms with van der Waals surface area (Å²) in [5, 5.41) is 2.33. The Morgan fingerprint density at radius 1 is 0.806 bits per heavy atom. The summed E-state index contributed by atoms with van der Waals surface area (Å²) in [6.07, 6.45) is 0.757. The standard InChI is InChI=1S/C27H24N2O2/c1-30-22-15-13-20(14-16-22)19-27-28-24-10-4-5-11-25(24)29(27)17-18-31-26-12-6-8-21-7-2-3-9-23(21)26/h2-16H,17-19H2,1H3. The second-order valence-corrected chi connectivity index (χ2v) is 7.52. The Bertz CT molecular complexity index is 1320. The highest BCUT2D eigenvalue weighted by molar-refractivity contribution is 5.88. The van der Waals surface area contributed by atoms with Crippen molar-refractivity contribution >= 4 is 21.8 Å². The van der Waals surface area contributed by atoms with Gasteiger partial charge in [0.25, 0.3) is 0 Å². The summed E-state index contributed by atoms with van der Waals surface area (Å²) >= 11 is 0. The Morgan fingerprint density at radius 3 is 2.45 bits per heavy atom. The van der Waals surface area contributed by atoms with Crippen molar-refractivity contribution < 1.29 is 9.47 Å². The summed E-state index contributed by atoms with van der Waals surface area (Å²) in [5.74, 6) is 2.81. The average molecular weight is 409 g/mol. The van der Waals surface area contributed by atoms with Crippen molar-refractivity contribution in [2.75, 3.05) is 13.7 Å². The summed E-state index contributed by atoms with van der Waals surface area (Å²) in [4.78, 5) is 4.90. The van der Waals surface area contributed by atoms with E-state index in [1.807, 2.05) is 36.4 Å². The lowest BCUT2D eigenvalue weighted by Crippen LogP contribution is -2.11. The van der Waals surface area contributed by atoms with Gasteiger partial charge in [0.2, 0.25) is 0 Å². The van der Waals surface area contributed by atoms with Gasteiger partial charge in [-0.3, -0.25) is 0 Å². The number of hydrogen-bond donors (Lipinski definition) is 0. The molecule has 0 N–H and O–H groups in total. The molecule has 4 aromatic carbocycles. The number of para-hydroxylation sites is 2. The van der Waals surface area contributed by atoms with Crippen molar-refractivity contribution in [1.29, 1.82) is 0 Å². The van der Waals surface area contributed by atoms with Gasteiger partial charge < -0.3 is 14.0 Å². The topological polar surface area (TPSA) is 36.3 Å². The van der Waals surface area contributed by atoms with E-state index in [1.54, 1.807) is 7.11 Å². The third-order valence-corrected chi connectivity index (χ3v) is 5.58. The molecule has 1 aromatic heterocycles. The number of nitrogens with zero attached hydrogens (tertiary/aromatic N) is 2. The fourth-order valence-corrected chi connectivity index (χ4v) is 4.00. The molecule has 4 nitrogen and oxygen atoms in total. The van der Waals surface area contributed by atoms with Crippen LogP contribution in [-0.2, 0) is 13.0 Å². The van der Waals surface area contributed by atoms with Crippen molar-refractivity contribution in [3.63, 3.8) is 0 Å². The van der Waals surface area contributed by atoms with Gasteiger partial charge in [0.1, 0.15) is 23.9 Å². The molecule has 4 heteroatoms. The van der Waals surface area contributed by atoms with Gasteiger partial charge in [0, 0.05) is 11.8 Å². The van der Waals surface area contributed by atoms with Crippen molar-refractivity contribution in [2.45, 2.75) is 13.0 Å². The molecule has 5 rings (SSSR count). The quantitative estimate of drug-likeness (QED) is 0.338. The number of benzene rings is 4. The highest BCUT2D eigenvalue weighted by Gasteiger charge is 2.12. The molecule has 1 heterocycles. The van der Waals surface area contributed by atoms with E-state index in [-0.39, 0.29) is 0 Å². The first-order valence-corrected chi connectivity index (χ1v) is 10.5. The van der Waals surface area contributed by atoms with Crippen LogP contribution in [0.25, 0.3) is 21.8 Å². The fraction of sp³-hybridized carbons (Fsp3) is 0.148. The molecule has 0 spiro atoms. The van der Waals surface area contributed by atoms with E-state index in [9.17, 15) is 0 Å². The first-order valence-electron chi connectivity index (χ1n) is 10.5. The van der Waals surface area contributed by atoms with Crippen LogP contribution in [0.1, 0.15) is 11.4 Å². The predicted octanol–water partition coefficient (Wildman–Crippen LogP) is 5.87. The number of fused-ring (bicyclic) bond motifs is 2. The van der Waals surface area contributed by atoms with E-state index >= 15 is 0 Å². The van der Waals surface area contributed by atoms with Crippen LogP contribution in [0.3, 0.4) is 0 Å². The van der Waals surface area contributed by atoms with Crippen molar-refractivity contribution in [2.24, 2.45) is 0 Å². The zero-order chi connectivity index (χ0) is 21.0. The summed E-state index contributed by atoms with van der Waals surface area (Å²) in [5.41, 5.74) is 3.34. The van der Waals surface area contributed by atoms with Crippen LogP contribution >= 0.6 is 0 Å². The molecule has 31 heavy (non-hydrogen) atoms. The molecule has 0 saturated heterocycles. The van der Waals surface area contributed by atoms with Crippen LogP contribution in [0.4, 0.5) is 0 Å². The molecule has 0 fully saturated rings. The Morgan fingerprint density at radius 2 is 1.58 bits per heavy atom. The van der Waals surface area contributed by atoms with Gasteiger partial charge in [-0.25, -0.2) is 4.98 Å². The van der Waals surface area contributed by atoms with Gasteiger partial charge in [-0.2, -0.15) is 0 Å². The largest absolute Gasteiger partial charge is 0.497 e. The van der Waals surface area contributed by atoms with Crippen molar-refractivity contribution in [1.82, 2.24) is 9.55 Å². The van der Waals surface area contributed by atoms with Crippen LogP contribution in [0.5, 0.6) is 11.5 Å². The van der Waals surface area contributed by atoms with Crippen molar-refractivity contribution in [3.05, 3.63) is 102 Å². The smallest absolute Gasteiger partial charge is 0.127 e. The third kappa shape index (κ3) is 3.97. The molecule has 0 aliphatic carbocycles. The molecule has 5 aromatic rings. The van der Waals surface area contributed by atoms with E-state index < -0.39 is 0 Å². The SMILES string of the molecule is COc1ccc(Cc2nc3ccccc3n2CCOc2cccc3ccccc23)cc1. The number of aromatic nitrogens is 2. The summed E-state index contributed by atoms with van der Waals surface area (Å²) in [6, 6.07) is 30.9. The monoisotopic (exact) mass is 408 g/mol. The molecule has 0 atom stereocenters. The minimum atomic E-state index is 0.573. The van der Waals surface area contributed by atoms with E-state index in [0.29, 0.717) is 6.61 Å². The number of hydrogen-bond acceptors (Lipinski definition) is 3. The summed E-state index contributed by atoms with van der Waals surface area (Å²) in [7, 11) is 1.68. The van der Waals surface area contributed by atoms with Crippen LogP contribution in [-0.4, -0.2) is 23.3 Å². The number of rotatable bonds is 7. The lowest BCUT2D eigenvalue weighted by Gasteiger charge is -2.13. The fourth-order valence-electron chi connectivity index (χ4n) is 4.00. The molecule has 154 valence electrons. The molecular formula is C27H24N2O2. The molecule has 0 saturated carbocycles. The van der Waals surface area contributed by atoms with E-state index in [0.717, 1.165) is 46.7 Å². The highest BCUT2D eigenvalue weighted by Crippen LogP contribution is 2.26.